The Morgan fingerprint density at radius 1 is 1.17 bits per heavy atom. The van der Waals surface area contributed by atoms with Crippen LogP contribution in [0.2, 0.25) is 0 Å². The van der Waals surface area contributed by atoms with Crippen molar-refractivity contribution in [2.75, 3.05) is 32.8 Å². The molecule has 5 rings (SSSR count). The fourth-order valence-corrected chi connectivity index (χ4v) is 4.76. The highest BCUT2D eigenvalue weighted by Gasteiger charge is 2.44. The molecule has 1 unspecified atom stereocenters. The molecule has 1 amide bonds. The van der Waals surface area contributed by atoms with Crippen molar-refractivity contribution in [3.8, 4) is 0 Å². The van der Waals surface area contributed by atoms with Crippen LogP contribution in [0.4, 0.5) is 0 Å². The number of benzene rings is 1. The van der Waals surface area contributed by atoms with Gasteiger partial charge in [0.05, 0.1) is 30.9 Å². The van der Waals surface area contributed by atoms with Gasteiger partial charge in [-0.3, -0.25) is 9.69 Å². The highest BCUT2D eigenvalue weighted by molar-refractivity contribution is 6.07. The minimum Gasteiger partial charge on any atom is -0.370 e. The summed E-state index contributed by atoms with van der Waals surface area (Å²) < 4.78 is 10.3. The number of ether oxygens (including phenoxy) is 1. The van der Waals surface area contributed by atoms with Crippen molar-refractivity contribution in [1.29, 1.82) is 0 Å². The van der Waals surface area contributed by atoms with Crippen LogP contribution in [0.5, 0.6) is 0 Å². The van der Waals surface area contributed by atoms with E-state index < -0.39 is 0 Å². The predicted molar refractivity (Wildman–Crippen MR) is 111 cm³/mol. The van der Waals surface area contributed by atoms with Crippen molar-refractivity contribution in [3.05, 3.63) is 54.2 Å². The summed E-state index contributed by atoms with van der Waals surface area (Å²) in [7, 11) is 4.02. The van der Waals surface area contributed by atoms with E-state index in [0.29, 0.717) is 19.7 Å². The summed E-state index contributed by atoms with van der Waals surface area (Å²) in [5, 5.41) is 1.02. The number of hydrogen-bond acceptors (Lipinski definition) is 4. The molecule has 7 nitrogen and oxygen atoms in total. The molecule has 1 atom stereocenters. The Hall–Kier alpha value is -2.64. The first-order valence-electron chi connectivity index (χ1n) is 10.2. The van der Waals surface area contributed by atoms with Gasteiger partial charge in [-0.15, -0.1) is 0 Å². The summed E-state index contributed by atoms with van der Waals surface area (Å²) in [6.07, 6.45) is 6.71. The third-order valence-corrected chi connectivity index (χ3v) is 6.34. The van der Waals surface area contributed by atoms with Crippen LogP contribution in [0.15, 0.2) is 42.9 Å². The highest BCUT2D eigenvalue weighted by Crippen LogP contribution is 2.31. The number of aryl methyl sites for hydroxylation is 2. The quantitative estimate of drug-likeness (QED) is 0.683. The maximum Gasteiger partial charge on any atom is 0.256 e. The Labute approximate surface area is 170 Å². The Morgan fingerprint density at radius 2 is 2.03 bits per heavy atom. The van der Waals surface area contributed by atoms with E-state index in [2.05, 4.69) is 20.5 Å². The summed E-state index contributed by atoms with van der Waals surface area (Å²) in [5.41, 5.74) is 1.59. The number of morpholine rings is 1. The number of rotatable bonds is 3. The molecular weight excluding hydrogens is 366 g/mol. The van der Waals surface area contributed by atoms with Gasteiger partial charge in [-0.05, 0) is 12.5 Å². The summed E-state index contributed by atoms with van der Waals surface area (Å²) in [6, 6.07) is 8.09. The number of imidazole rings is 1. The van der Waals surface area contributed by atoms with Crippen LogP contribution in [-0.2, 0) is 25.4 Å². The zero-order valence-electron chi connectivity index (χ0n) is 17.0. The van der Waals surface area contributed by atoms with Gasteiger partial charge in [-0.25, -0.2) is 4.98 Å². The van der Waals surface area contributed by atoms with Crippen molar-refractivity contribution >= 4 is 16.8 Å². The van der Waals surface area contributed by atoms with Gasteiger partial charge in [0.15, 0.2) is 0 Å². The van der Waals surface area contributed by atoms with E-state index in [0.717, 1.165) is 48.3 Å². The lowest BCUT2D eigenvalue weighted by Crippen LogP contribution is -2.54. The molecule has 3 aromatic rings. The maximum atomic E-state index is 13.4. The Kier molecular flexibility index (Phi) is 4.44. The van der Waals surface area contributed by atoms with E-state index in [1.54, 1.807) is 0 Å². The van der Waals surface area contributed by atoms with E-state index >= 15 is 0 Å². The molecule has 2 aromatic heterocycles. The maximum absolute atomic E-state index is 13.4. The normalized spacial score (nSPS) is 22.8. The molecule has 1 aromatic carbocycles. The minimum atomic E-state index is -0.274. The smallest absolute Gasteiger partial charge is 0.256 e. The van der Waals surface area contributed by atoms with Crippen LogP contribution in [-0.4, -0.2) is 68.2 Å². The number of para-hydroxylation sites is 1. The molecule has 2 fully saturated rings. The lowest BCUT2D eigenvalue weighted by atomic mass is 10.00. The van der Waals surface area contributed by atoms with Crippen LogP contribution in [0.25, 0.3) is 10.9 Å². The van der Waals surface area contributed by atoms with E-state index in [1.165, 1.54) is 0 Å². The molecule has 0 saturated carbocycles. The molecule has 1 spiro atoms. The van der Waals surface area contributed by atoms with E-state index in [9.17, 15) is 4.79 Å². The molecule has 2 aliphatic rings. The van der Waals surface area contributed by atoms with Gasteiger partial charge in [0.2, 0.25) is 0 Å². The number of amides is 1. The van der Waals surface area contributed by atoms with Crippen LogP contribution in [0.3, 0.4) is 0 Å². The molecule has 0 aliphatic carbocycles. The van der Waals surface area contributed by atoms with E-state index in [4.69, 9.17) is 4.74 Å². The first kappa shape index (κ1) is 18.4. The second-order valence-electron chi connectivity index (χ2n) is 8.34. The Morgan fingerprint density at radius 3 is 2.86 bits per heavy atom. The Balaban J connectivity index is 1.33. The third kappa shape index (κ3) is 3.24. The number of aromatic nitrogens is 3. The van der Waals surface area contributed by atoms with Crippen molar-refractivity contribution in [1.82, 2.24) is 23.9 Å². The number of carbonyl (C=O) groups excluding carboxylic acids is 1. The molecule has 0 radical (unpaired) electrons. The van der Waals surface area contributed by atoms with Crippen LogP contribution >= 0.6 is 0 Å². The average molecular weight is 393 g/mol. The van der Waals surface area contributed by atoms with Crippen molar-refractivity contribution in [2.24, 2.45) is 14.1 Å². The van der Waals surface area contributed by atoms with Crippen LogP contribution < -0.4 is 0 Å². The second-order valence-corrected chi connectivity index (χ2v) is 8.34. The van der Waals surface area contributed by atoms with Gasteiger partial charge < -0.3 is 18.8 Å². The Bertz CT molecular complexity index is 1050. The molecule has 7 heteroatoms. The lowest BCUT2D eigenvalue weighted by Gasteiger charge is -2.40. The number of nitrogens with zero attached hydrogens (tertiary/aromatic N) is 5. The SMILES string of the molecule is Cn1ccnc1CN1CCC2(C1)CN(C(=O)c1cn(C)c3ccccc13)CCO2. The molecule has 2 aliphatic heterocycles. The summed E-state index contributed by atoms with van der Waals surface area (Å²) in [6.45, 7) is 4.48. The van der Waals surface area contributed by atoms with Gasteiger partial charge in [0.1, 0.15) is 5.82 Å². The molecule has 4 heterocycles. The predicted octanol–water partition coefficient (Wildman–Crippen LogP) is 2.03. The number of fused-ring (bicyclic) bond motifs is 1. The third-order valence-electron chi connectivity index (χ3n) is 6.34. The van der Waals surface area contributed by atoms with Gasteiger partial charge in [-0.1, -0.05) is 18.2 Å². The summed E-state index contributed by atoms with van der Waals surface area (Å²) >= 11 is 0. The van der Waals surface area contributed by atoms with Gasteiger partial charge >= 0.3 is 0 Å². The standard InChI is InChI=1S/C22H27N5O2/c1-24-10-8-23-20(24)14-26-9-7-22(15-26)16-27(11-12-29-22)21(28)18-13-25(2)19-6-4-3-5-17(18)19/h3-6,8,10,13H,7,9,11-12,14-16H2,1-2H3. The molecule has 0 N–H and O–H groups in total. The van der Waals surface area contributed by atoms with Crippen molar-refractivity contribution < 1.29 is 9.53 Å². The molecule has 2 saturated heterocycles. The highest BCUT2D eigenvalue weighted by atomic mass is 16.5. The van der Waals surface area contributed by atoms with E-state index in [1.807, 2.05) is 60.4 Å². The first-order chi connectivity index (χ1) is 14.0. The summed E-state index contributed by atoms with van der Waals surface area (Å²) in [4.78, 5) is 22.2. The summed E-state index contributed by atoms with van der Waals surface area (Å²) in [5.74, 6) is 1.16. The van der Waals surface area contributed by atoms with Crippen LogP contribution in [0.1, 0.15) is 22.6 Å². The van der Waals surface area contributed by atoms with Gasteiger partial charge in [-0.2, -0.15) is 0 Å². The van der Waals surface area contributed by atoms with Crippen molar-refractivity contribution in [2.45, 2.75) is 18.6 Å². The topological polar surface area (TPSA) is 55.5 Å². The fraction of sp³-hybridized carbons (Fsp3) is 0.455. The van der Waals surface area contributed by atoms with Gasteiger partial charge in [0, 0.05) is 63.2 Å². The number of likely N-dealkylation sites (tertiary alicyclic amines) is 1. The lowest BCUT2D eigenvalue weighted by molar-refractivity contribution is -0.0920. The van der Waals surface area contributed by atoms with Gasteiger partial charge in [0.25, 0.3) is 5.91 Å². The molecule has 29 heavy (non-hydrogen) atoms. The zero-order chi connectivity index (χ0) is 20.0. The van der Waals surface area contributed by atoms with E-state index in [-0.39, 0.29) is 11.5 Å². The fourth-order valence-electron chi connectivity index (χ4n) is 4.76. The minimum absolute atomic E-state index is 0.104. The number of carbonyl (C=O) groups is 1. The average Bonchev–Trinajstić information content (AvgIpc) is 3.41. The largest absolute Gasteiger partial charge is 0.370 e. The molecule has 0 bridgehead atoms. The molecule has 152 valence electrons. The van der Waals surface area contributed by atoms with Crippen molar-refractivity contribution in [3.63, 3.8) is 0 Å². The van der Waals surface area contributed by atoms with Crippen LogP contribution in [0, 0.1) is 0 Å². The number of hydrogen-bond donors (Lipinski definition) is 0. The first-order valence-corrected chi connectivity index (χ1v) is 10.2. The zero-order valence-corrected chi connectivity index (χ0v) is 17.0. The molecular formula is C22H27N5O2. The second kappa shape index (κ2) is 7.00. The monoisotopic (exact) mass is 393 g/mol.